The molecule has 0 spiro atoms. The molecule has 0 radical (unpaired) electrons. The van der Waals surface area contributed by atoms with E-state index in [2.05, 4.69) is 10.6 Å². The van der Waals surface area contributed by atoms with Gasteiger partial charge in [0.25, 0.3) is 0 Å². The van der Waals surface area contributed by atoms with Crippen LogP contribution in [0.2, 0.25) is 0 Å². The molecule has 0 bridgehead atoms. The minimum atomic E-state index is -3.55. The summed E-state index contributed by atoms with van der Waals surface area (Å²) in [6, 6.07) is 5.17. The van der Waals surface area contributed by atoms with Crippen LogP contribution in [0.1, 0.15) is 44.7 Å². The van der Waals surface area contributed by atoms with Gasteiger partial charge >= 0.3 is 6.09 Å². The van der Waals surface area contributed by atoms with Crippen LogP contribution in [0.3, 0.4) is 0 Å². The van der Waals surface area contributed by atoms with Gasteiger partial charge in [-0.05, 0) is 59.1 Å². The normalized spacial score (nSPS) is 16.3. The molecule has 1 fully saturated rings. The van der Waals surface area contributed by atoms with Gasteiger partial charge < -0.3 is 15.4 Å². The summed E-state index contributed by atoms with van der Waals surface area (Å²) in [6.45, 7) is 9.43. The Hall–Kier alpha value is -2.13. The molecule has 1 heterocycles. The van der Waals surface area contributed by atoms with E-state index >= 15 is 0 Å². The Bertz CT molecular complexity index is 853. The smallest absolute Gasteiger partial charge is 0.408 e. The molecule has 1 aliphatic heterocycles. The second kappa shape index (κ2) is 9.13. The van der Waals surface area contributed by atoms with E-state index in [0.717, 1.165) is 11.1 Å². The zero-order valence-corrected chi connectivity index (χ0v) is 18.6. The molecule has 2 amide bonds. The number of nitrogens with zero attached hydrogens (tertiary/aromatic N) is 1. The van der Waals surface area contributed by atoms with Crippen LogP contribution in [0.25, 0.3) is 0 Å². The number of alkyl carbamates (subject to hydrolysis) is 1. The van der Waals surface area contributed by atoms with Gasteiger partial charge in [0.2, 0.25) is 15.9 Å². The molecule has 0 aliphatic carbocycles. The second-order valence-electron chi connectivity index (χ2n) is 8.37. The SMILES string of the molecule is Cc1ccc(S(=O)(=O)N2CCC(NC(=O)CNC(=O)OC(C)(C)C)CC2)c(C)c1. The number of nitrogens with one attached hydrogen (secondary N) is 2. The summed E-state index contributed by atoms with van der Waals surface area (Å²) in [4.78, 5) is 24.0. The first kappa shape index (κ1) is 23.2. The molecule has 1 aromatic rings. The van der Waals surface area contributed by atoms with E-state index in [1.54, 1.807) is 39.8 Å². The predicted octanol–water partition coefficient (Wildman–Crippen LogP) is 2.10. The zero-order chi connectivity index (χ0) is 21.8. The highest BCUT2D eigenvalue weighted by Gasteiger charge is 2.31. The van der Waals surface area contributed by atoms with Crippen LogP contribution in [0.15, 0.2) is 23.1 Å². The Labute approximate surface area is 173 Å². The van der Waals surface area contributed by atoms with E-state index in [9.17, 15) is 18.0 Å². The van der Waals surface area contributed by atoms with Crippen LogP contribution in [-0.2, 0) is 19.6 Å². The number of piperidine rings is 1. The van der Waals surface area contributed by atoms with Crippen LogP contribution < -0.4 is 10.6 Å². The molecule has 1 aromatic carbocycles. The largest absolute Gasteiger partial charge is 0.444 e. The van der Waals surface area contributed by atoms with Crippen molar-refractivity contribution in [2.75, 3.05) is 19.6 Å². The minimum absolute atomic E-state index is 0.131. The van der Waals surface area contributed by atoms with Gasteiger partial charge in [-0.1, -0.05) is 17.7 Å². The number of sulfonamides is 1. The van der Waals surface area contributed by atoms with Gasteiger partial charge in [0.15, 0.2) is 0 Å². The third-order valence-corrected chi connectivity index (χ3v) is 6.62. The fraction of sp³-hybridized carbons (Fsp3) is 0.600. The fourth-order valence-electron chi connectivity index (χ4n) is 3.21. The average Bonchev–Trinajstić information content (AvgIpc) is 2.58. The van der Waals surface area contributed by atoms with Crippen LogP contribution >= 0.6 is 0 Å². The topological polar surface area (TPSA) is 105 Å². The van der Waals surface area contributed by atoms with Crippen molar-refractivity contribution in [2.24, 2.45) is 0 Å². The van der Waals surface area contributed by atoms with Crippen molar-refractivity contribution in [3.05, 3.63) is 29.3 Å². The van der Waals surface area contributed by atoms with Gasteiger partial charge in [-0.25, -0.2) is 13.2 Å². The van der Waals surface area contributed by atoms with E-state index in [0.29, 0.717) is 30.8 Å². The van der Waals surface area contributed by atoms with Crippen molar-refractivity contribution < 1.29 is 22.7 Å². The van der Waals surface area contributed by atoms with E-state index < -0.39 is 21.7 Å². The molecule has 1 saturated heterocycles. The van der Waals surface area contributed by atoms with Crippen LogP contribution in [0.5, 0.6) is 0 Å². The van der Waals surface area contributed by atoms with Crippen molar-refractivity contribution in [3.63, 3.8) is 0 Å². The number of amides is 2. The molecular weight excluding hydrogens is 394 g/mol. The summed E-state index contributed by atoms with van der Waals surface area (Å²) in [7, 11) is -3.55. The molecule has 162 valence electrons. The number of carbonyl (C=O) groups excluding carboxylic acids is 2. The minimum Gasteiger partial charge on any atom is -0.444 e. The summed E-state index contributed by atoms with van der Waals surface area (Å²) in [5, 5.41) is 5.25. The summed E-state index contributed by atoms with van der Waals surface area (Å²) >= 11 is 0. The van der Waals surface area contributed by atoms with Crippen LogP contribution in [0, 0.1) is 13.8 Å². The maximum absolute atomic E-state index is 12.9. The van der Waals surface area contributed by atoms with Crippen molar-refractivity contribution in [1.82, 2.24) is 14.9 Å². The lowest BCUT2D eigenvalue weighted by Gasteiger charge is -2.32. The number of ether oxygens (including phenoxy) is 1. The molecule has 2 N–H and O–H groups in total. The number of hydrogen-bond acceptors (Lipinski definition) is 5. The Morgan fingerprint density at radius 3 is 2.34 bits per heavy atom. The zero-order valence-electron chi connectivity index (χ0n) is 17.7. The van der Waals surface area contributed by atoms with Crippen molar-refractivity contribution in [2.45, 2.75) is 64.0 Å². The monoisotopic (exact) mass is 425 g/mol. The maximum atomic E-state index is 12.9. The number of rotatable bonds is 5. The molecular formula is C20H31N3O5S. The molecule has 9 heteroatoms. The van der Waals surface area contributed by atoms with Crippen LogP contribution in [-0.4, -0.2) is 56.0 Å². The van der Waals surface area contributed by atoms with E-state index in [1.165, 1.54) is 4.31 Å². The highest BCUT2D eigenvalue weighted by Crippen LogP contribution is 2.24. The van der Waals surface area contributed by atoms with Gasteiger partial charge in [-0.15, -0.1) is 0 Å². The first-order chi connectivity index (χ1) is 13.4. The summed E-state index contributed by atoms with van der Waals surface area (Å²) in [5.41, 5.74) is 1.12. The Morgan fingerprint density at radius 1 is 1.17 bits per heavy atom. The average molecular weight is 426 g/mol. The first-order valence-corrected chi connectivity index (χ1v) is 11.2. The molecule has 8 nitrogen and oxygen atoms in total. The number of benzene rings is 1. The number of hydrogen-bond donors (Lipinski definition) is 2. The van der Waals surface area contributed by atoms with Crippen LogP contribution in [0.4, 0.5) is 4.79 Å². The molecule has 29 heavy (non-hydrogen) atoms. The molecule has 0 atom stereocenters. The Morgan fingerprint density at radius 2 is 1.79 bits per heavy atom. The number of carbonyl (C=O) groups is 2. The van der Waals surface area contributed by atoms with Gasteiger partial charge in [0.05, 0.1) is 4.90 Å². The van der Waals surface area contributed by atoms with E-state index in [1.807, 2.05) is 13.0 Å². The van der Waals surface area contributed by atoms with Gasteiger partial charge in [-0.3, -0.25) is 4.79 Å². The van der Waals surface area contributed by atoms with E-state index in [4.69, 9.17) is 4.74 Å². The standard InChI is InChI=1S/C20H31N3O5S/c1-14-6-7-17(15(2)12-14)29(26,27)23-10-8-16(9-11-23)22-18(24)13-21-19(25)28-20(3,4)5/h6-7,12,16H,8-11,13H2,1-5H3,(H,21,25)(H,22,24). The predicted molar refractivity (Wildman–Crippen MR) is 110 cm³/mol. The van der Waals surface area contributed by atoms with Gasteiger partial charge in [0.1, 0.15) is 12.1 Å². The lowest BCUT2D eigenvalue weighted by Crippen LogP contribution is -2.49. The highest BCUT2D eigenvalue weighted by atomic mass is 32.2. The fourth-order valence-corrected chi connectivity index (χ4v) is 4.89. The summed E-state index contributed by atoms with van der Waals surface area (Å²) in [6.07, 6.45) is 0.381. The molecule has 0 unspecified atom stereocenters. The third kappa shape index (κ3) is 6.71. The summed E-state index contributed by atoms with van der Waals surface area (Å²) in [5.74, 6) is -0.327. The quantitative estimate of drug-likeness (QED) is 0.752. The third-order valence-electron chi connectivity index (χ3n) is 4.56. The van der Waals surface area contributed by atoms with Crippen molar-refractivity contribution in [1.29, 1.82) is 0 Å². The van der Waals surface area contributed by atoms with Crippen molar-refractivity contribution >= 4 is 22.0 Å². The molecule has 1 aliphatic rings. The number of aryl methyl sites for hydroxylation is 2. The Balaban J connectivity index is 1.84. The molecule has 2 rings (SSSR count). The first-order valence-electron chi connectivity index (χ1n) is 9.72. The summed E-state index contributed by atoms with van der Waals surface area (Å²) < 4.78 is 32.4. The van der Waals surface area contributed by atoms with Gasteiger partial charge in [0, 0.05) is 19.1 Å². The van der Waals surface area contributed by atoms with Gasteiger partial charge in [-0.2, -0.15) is 4.31 Å². The highest BCUT2D eigenvalue weighted by molar-refractivity contribution is 7.89. The second-order valence-corrected chi connectivity index (χ2v) is 10.3. The lowest BCUT2D eigenvalue weighted by atomic mass is 10.1. The Kier molecular flexibility index (Phi) is 7.29. The lowest BCUT2D eigenvalue weighted by molar-refractivity contribution is -0.121. The molecule has 0 saturated carbocycles. The van der Waals surface area contributed by atoms with E-state index in [-0.39, 0.29) is 18.5 Å². The maximum Gasteiger partial charge on any atom is 0.408 e. The van der Waals surface area contributed by atoms with Crippen molar-refractivity contribution in [3.8, 4) is 0 Å². The molecule has 0 aromatic heterocycles.